The van der Waals surface area contributed by atoms with Crippen LogP contribution in [0.1, 0.15) is 10.4 Å². The van der Waals surface area contributed by atoms with Crippen LogP contribution in [0.15, 0.2) is 36.8 Å². The Morgan fingerprint density at radius 1 is 1.14 bits per heavy atom. The fourth-order valence-corrected chi connectivity index (χ4v) is 3.34. The number of fused-ring (bicyclic) bond motifs is 1. The van der Waals surface area contributed by atoms with E-state index in [0.29, 0.717) is 26.2 Å². The van der Waals surface area contributed by atoms with Gasteiger partial charge in [-0.3, -0.25) is 9.48 Å². The molecule has 10 heteroatoms. The first-order valence-electron chi connectivity index (χ1n) is 8.75. The Balaban J connectivity index is 1.49. The number of anilines is 1. The lowest BCUT2D eigenvalue weighted by Crippen LogP contribution is -2.49. The fraction of sp³-hybridized carbons (Fsp3) is 0.333. The predicted molar refractivity (Wildman–Crippen MR) is 97.5 cm³/mol. The number of aryl methyl sites for hydroxylation is 1. The standard InChI is InChI=1S/C18H18F2N6O2/c1-24-15-13(10-23-24)16(22-11-21-15)25-6-8-26(9-7-25)17(27)12-4-2-3-5-14(12)28-18(19)20/h2-5,10-11,18H,6-9H2,1H3. The number of benzene rings is 1. The summed E-state index contributed by atoms with van der Waals surface area (Å²) in [5.74, 6) is 0.328. The molecule has 1 amide bonds. The second-order valence-electron chi connectivity index (χ2n) is 6.36. The van der Waals surface area contributed by atoms with E-state index >= 15 is 0 Å². The number of halogens is 2. The van der Waals surface area contributed by atoms with E-state index in [-0.39, 0.29) is 17.2 Å². The predicted octanol–water partition coefficient (Wildman–Crippen LogP) is 1.93. The van der Waals surface area contributed by atoms with Gasteiger partial charge in [0, 0.05) is 33.2 Å². The third-order valence-electron chi connectivity index (χ3n) is 4.71. The van der Waals surface area contributed by atoms with Crippen LogP contribution in [0.4, 0.5) is 14.6 Å². The summed E-state index contributed by atoms with van der Waals surface area (Å²) in [4.78, 5) is 25.1. The number of amides is 1. The van der Waals surface area contributed by atoms with Crippen molar-refractivity contribution in [3.05, 3.63) is 42.4 Å². The first kappa shape index (κ1) is 18.1. The minimum Gasteiger partial charge on any atom is -0.434 e. The van der Waals surface area contributed by atoms with Crippen LogP contribution in [-0.2, 0) is 7.05 Å². The Morgan fingerprint density at radius 2 is 1.89 bits per heavy atom. The first-order valence-corrected chi connectivity index (χ1v) is 8.75. The molecular formula is C18H18F2N6O2. The van der Waals surface area contributed by atoms with Crippen molar-refractivity contribution < 1.29 is 18.3 Å². The lowest BCUT2D eigenvalue weighted by Gasteiger charge is -2.35. The summed E-state index contributed by atoms with van der Waals surface area (Å²) < 4.78 is 31.4. The van der Waals surface area contributed by atoms with Crippen molar-refractivity contribution in [3.63, 3.8) is 0 Å². The maximum Gasteiger partial charge on any atom is 0.387 e. The quantitative estimate of drug-likeness (QED) is 0.680. The number of carbonyl (C=O) groups excluding carboxylic acids is 1. The number of aromatic nitrogens is 4. The summed E-state index contributed by atoms with van der Waals surface area (Å²) in [5, 5.41) is 5.06. The molecule has 1 aromatic carbocycles. The van der Waals surface area contributed by atoms with Gasteiger partial charge in [-0.05, 0) is 12.1 Å². The van der Waals surface area contributed by atoms with Gasteiger partial charge in [0.1, 0.15) is 17.9 Å². The van der Waals surface area contributed by atoms with E-state index < -0.39 is 6.61 Å². The molecule has 0 spiro atoms. The van der Waals surface area contributed by atoms with Gasteiger partial charge in [0.2, 0.25) is 0 Å². The number of piperazine rings is 1. The average molecular weight is 388 g/mol. The number of hydrogen-bond donors (Lipinski definition) is 0. The molecule has 28 heavy (non-hydrogen) atoms. The fourth-order valence-electron chi connectivity index (χ4n) is 3.34. The van der Waals surface area contributed by atoms with Gasteiger partial charge in [-0.15, -0.1) is 0 Å². The van der Waals surface area contributed by atoms with Crippen molar-refractivity contribution in [2.45, 2.75) is 6.61 Å². The summed E-state index contributed by atoms with van der Waals surface area (Å²) in [7, 11) is 1.81. The maximum absolute atomic E-state index is 12.8. The van der Waals surface area contributed by atoms with Gasteiger partial charge < -0.3 is 14.5 Å². The molecule has 3 aromatic rings. The molecule has 146 valence electrons. The minimum absolute atomic E-state index is 0.113. The molecule has 1 saturated heterocycles. The van der Waals surface area contributed by atoms with E-state index in [1.54, 1.807) is 27.9 Å². The summed E-state index contributed by atoms with van der Waals surface area (Å²) in [6.45, 7) is -0.985. The van der Waals surface area contributed by atoms with Crippen LogP contribution in [0.25, 0.3) is 11.0 Å². The maximum atomic E-state index is 12.8. The third-order valence-corrected chi connectivity index (χ3v) is 4.71. The third kappa shape index (κ3) is 3.32. The molecule has 0 radical (unpaired) electrons. The Kier molecular flexibility index (Phi) is 4.76. The number of carbonyl (C=O) groups is 1. The zero-order valence-corrected chi connectivity index (χ0v) is 15.1. The molecule has 1 fully saturated rings. The van der Waals surface area contributed by atoms with Gasteiger partial charge in [0.25, 0.3) is 5.91 Å². The van der Waals surface area contributed by atoms with E-state index in [1.165, 1.54) is 18.5 Å². The highest BCUT2D eigenvalue weighted by molar-refractivity contribution is 5.97. The molecule has 0 saturated carbocycles. The number of hydrogen-bond acceptors (Lipinski definition) is 6. The van der Waals surface area contributed by atoms with Crippen molar-refractivity contribution in [2.75, 3.05) is 31.1 Å². The molecule has 0 N–H and O–H groups in total. The normalized spacial score (nSPS) is 14.7. The summed E-state index contributed by atoms with van der Waals surface area (Å²) in [6.07, 6.45) is 3.22. The van der Waals surface area contributed by atoms with Gasteiger partial charge in [-0.2, -0.15) is 13.9 Å². The Hall–Kier alpha value is -3.30. The van der Waals surface area contributed by atoms with Gasteiger partial charge >= 0.3 is 6.61 Å². The number of nitrogens with zero attached hydrogens (tertiary/aromatic N) is 6. The molecule has 1 aliphatic heterocycles. The number of ether oxygens (including phenoxy) is 1. The topological polar surface area (TPSA) is 76.4 Å². The summed E-state index contributed by atoms with van der Waals surface area (Å²) in [6, 6.07) is 6.05. The lowest BCUT2D eigenvalue weighted by atomic mass is 10.1. The van der Waals surface area contributed by atoms with E-state index in [4.69, 9.17) is 0 Å². The largest absolute Gasteiger partial charge is 0.434 e. The Labute approximate surface area is 159 Å². The molecule has 0 unspecified atom stereocenters. The Morgan fingerprint density at radius 3 is 2.64 bits per heavy atom. The van der Waals surface area contributed by atoms with Crippen LogP contribution in [0.2, 0.25) is 0 Å². The highest BCUT2D eigenvalue weighted by atomic mass is 19.3. The molecular weight excluding hydrogens is 370 g/mol. The van der Waals surface area contributed by atoms with E-state index in [1.807, 2.05) is 7.05 Å². The SMILES string of the molecule is Cn1ncc2c(N3CCN(C(=O)c4ccccc4OC(F)F)CC3)ncnc21. The van der Waals surface area contributed by atoms with E-state index in [2.05, 4.69) is 24.7 Å². The summed E-state index contributed by atoms with van der Waals surface area (Å²) >= 11 is 0. The molecule has 3 heterocycles. The zero-order valence-electron chi connectivity index (χ0n) is 15.1. The van der Waals surface area contributed by atoms with Gasteiger partial charge in [-0.1, -0.05) is 12.1 Å². The lowest BCUT2D eigenvalue weighted by molar-refractivity contribution is -0.0502. The first-order chi connectivity index (χ1) is 13.5. The summed E-state index contributed by atoms with van der Waals surface area (Å²) in [5.41, 5.74) is 0.870. The smallest absolute Gasteiger partial charge is 0.387 e. The molecule has 0 aliphatic carbocycles. The van der Waals surface area contributed by atoms with Gasteiger partial charge in [0.05, 0.1) is 17.1 Å². The molecule has 8 nitrogen and oxygen atoms in total. The number of para-hydroxylation sites is 1. The number of rotatable bonds is 4. The van der Waals surface area contributed by atoms with Crippen LogP contribution in [0.3, 0.4) is 0 Å². The van der Waals surface area contributed by atoms with E-state index in [0.717, 1.165) is 16.9 Å². The van der Waals surface area contributed by atoms with Crippen LogP contribution < -0.4 is 9.64 Å². The molecule has 4 rings (SSSR count). The number of alkyl halides is 2. The van der Waals surface area contributed by atoms with Gasteiger partial charge in [0.15, 0.2) is 5.65 Å². The van der Waals surface area contributed by atoms with Crippen LogP contribution in [-0.4, -0.2) is 63.3 Å². The second kappa shape index (κ2) is 7.37. The molecule has 0 atom stereocenters. The molecule has 1 aliphatic rings. The van der Waals surface area contributed by atoms with Gasteiger partial charge in [-0.25, -0.2) is 9.97 Å². The van der Waals surface area contributed by atoms with Crippen LogP contribution in [0, 0.1) is 0 Å². The molecule has 0 bridgehead atoms. The van der Waals surface area contributed by atoms with E-state index in [9.17, 15) is 13.6 Å². The van der Waals surface area contributed by atoms with Crippen molar-refractivity contribution in [3.8, 4) is 5.75 Å². The average Bonchev–Trinajstić information content (AvgIpc) is 3.09. The van der Waals surface area contributed by atoms with Crippen molar-refractivity contribution in [1.29, 1.82) is 0 Å². The second-order valence-corrected chi connectivity index (χ2v) is 6.36. The van der Waals surface area contributed by atoms with Crippen LogP contribution >= 0.6 is 0 Å². The molecule has 2 aromatic heterocycles. The van der Waals surface area contributed by atoms with Crippen molar-refractivity contribution in [1.82, 2.24) is 24.6 Å². The van der Waals surface area contributed by atoms with Crippen LogP contribution in [0.5, 0.6) is 5.75 Å². The highest BCUT2D eigenvalue weighted by Crippen LogP contribution is 2.25. The van der Waals surface area contributed by atoms with Crippen molar-refractivity contribution in [2.24, 2.45) is 7.05 Å². The monoisotopic (exact) mass is 388 g/mol. The van der Waals surface area contributed by atoms with Crippen molar-refractivity contribution >= 4 is 22.8 Å². The Bertz CT molecular complexity index is 1000. The zero-order chi connectivity index (χ0) is 19.7. The minimum atomic E-state index is -2.98. The highest BCUT2D eigenvalue weighted by Gasteiger charge is 2.26.